The monoisotopic (exact) mass is 250 g/mol. The number of hydrogen-bond acceptors (Lipinski definition) is 3. The summed E-state index contributed by atoms with van der Waals surface area (Å²) in [5, 5.41) is 7.35. The summed E-state index contributed by atoms with van der Waals surface area (Å²) < 4.78 is 1.79. The Labute approximate surface area is 108 Å². The predicted octanol–water partition coefficient (Wildman–Crippen LogP) is 0.726. The molecule has 1 heterocycles. The molecule has 0 aliphatic heterocycles. The van der Waals surface area contributed by atoms with E-state index in [4.69, 9.17) is 5.73 Å². The summed E-state index contributed by atoms with van der Waals surface area (Å²) in [6, 6.07) is 0.0320. The van der Waals surface area contributed by atoms with Crippen LogP contribution in [0.15, 0.2) is 6.20 Å². The molecule has 5 heteroatoms. The molecule has 1 aromatic rings. The second-order valence-electron chi connectivity index (χ2n) is 5.05. The van der Waals surface area contributed by atoms with Gasteiger partial charge in [-0.3, -0.25) is 9.48 Å². The summed E-state index contributed by atoms with van der Waals surface area (Å²) in [7, 11) is 1.90. The zero-order valence-corrected chi connectivity index (χ0v) is 11.1. The second-order valence-corrected chi connectivity index (χ2v) is 5.05. The Kier molecular flexibility index (Phi) is 4.01. The molecule has 0 spiro atoms. The third-order valence-electron chi connectivity index (χ3n) is 3.69. The fourth-order valence-electron chi connectivity index (χ4n) is 2.66. The van der Waals surface area contributed by atoms with Gasteiger partial charge in [0.25, 0.3) is 0 Å². The van der Waals surface area contributed by atoms with Crippen molar-refractivity contribution < 1.29 is 4.79 Å². The number of aromatic nitrogens is 2. The average Bonchev–Trinajstić information content (AvgIpc) is 2.92. The first-order valence-corrected chi connectivity index (χ1v) is 6.66. The Morgan fingerprint density at radius 2 is 2.39 bits per heavy atom. The average molecular weight is 250 g/mol. The van der Waals surface area contributed by atoms with E-state index in [0.29, 0.717) is 6.54 Å². The minimum atomic E-state index is -0.00764. The van der Waals surface area contributed by atoms with Gasteiger partial charge >= 0.3 is 0 Å². The number of nitrogens with zero attached hydrogens (tertiary/aromatic N) is 2. The molecule has 3 N–H and O–H groups in total. The molecule has 1 aliphatic rings. The van der Waals surface area contributed by atoms with E-state index in [2.05, 4.69) is 17.3 Å². The fraction of sp³-hybridized carbons (Fsp3) is 0.692. The van der Waals surface area contributed by atoms with Gasteiger partial charge < -0.3 is 11.1 Å². The summed E-state index contributed by atoms with van der Waals surface area (Å²) in [5.74, 6) is 0.0812. The molecule has 2 rings (SSSR count). The summed E-state index contributed by atoms with van der Waals surface area (Å²) in [6.07, 6.45) is 5.79. The lowest BCUT2D eigenvalue weighted by Crippen LogP contribution is -2.38. The van der Waals surface area contributed by atoms with Crippen molar-refractivity contribution >= 4 is 5.91 Å². The Bertz CT molecular complexity index is 427. The summed E-state index contributed by atoms with van der Waals surface area (Å²) in [4.78, 5) is 12.0. The van der Waals surface area contributed by atoms with Gasteiger partial charge in [0.2, 0.25) is 5.91 Å². The molecular weight excluding hydrogens is 228 g/mol. The molecule has 1 amide bonds. The highest BCUT2D eigenvalue weighted by Gasteiger charge is 2.30. The van der Waals surface area contributed by atoms with E-state index in [1.807, 2.05) is 13.2 Å². The van der Waals surface area contributed by atoms with Gasteiger partial charge in [-0.1, -0.05) is 13.3 Å². The summed E-state index contributed by atoms with van der Waals surface area (Å²) in [5.41, 5.74) is 8.08. The van der Waals surface area contributed by atoms with Crippen LogP contribution in [0.4, 0.5) is 0 Å². The molecule has 18 heavy (non-hydrogen) atoms. The molecule has 2 unspecified atom stereocenters. The van der Waals surface area contributed by atoms with Crippen LogP contribution in [0.2, 0.25) is 0 Å². The minimum absolute atomic E-state index is 0.00764. The molecule has 100 valence electrons. The van der Waals surface area contributed by atoms with E-state index in [9.17, 15) is 4.79 Å². The molecule has 0 radical (unpaired) electrons. The number of rotatable bonds is 4. The second kappa shape index (κ2) is 5.52. The lowest BCUT2D eigenvalue weighted by Gasteiger charge is -2.14. The molecule has 1 aliphatic carbocycles. The van der Waals surface area contributed by atoms with Crippen molar-refractivity contribution in [3.63, 3.8) is 0 Å². The maximum atomic E-state index is 12.0. The lowest BCUT2D eigenvalue weighted by atomic mass is 10.0. The predicted molar refractivity (Wildman–Crippen MR) is 69.7 cm³/mol. The Balaban J connectivity index is 1.92. The third-order valence-corrected chi connectivity index (χ3v) is 3.69. The Hall–Kier alpha value is -1.36. The van der Waals surface area contributed by atoms with Crippen molar-refractivity contribution in [2.45, 2.75) is 45.2 Å². The van der Waals surface area contributed by atoms with Crippen molar-refractivity contribution in [3.05, 3.63) is 17.5 Å². The van der Waals surface area contributed by atoms with Gasteiger partial charge in [-0.15, -0.1) is 0 Å². The third kappa shape index (κ3) is 2.72. The molecular formula is C13H22N4O. The quantitative estimate of drug-likeness (QED) is 0.827. The Morgan fingerprint density at radius 3 is 3.00 bits per heavy atom. The molecule has 0 saturated heterocycles. The Morgan fingerprint density at radius 1 is 1.61 bits per heavy atom. The fourth-order valence-corrected chi connectivity index (χ4v) is 2.66. The maximum Gasteiger partial charge on any atom is 0.224 e. The van der Waals surface area contributed by atoms with Crippen molar-refractivity contribution in [1.82, 2.24) is 15.1 Å². The van der Waals surface area contributed by atoms with E-state index in [-0.39, 0.29) is 17.9 Å². The smallest absolute Gasteiger partial charge is 0.224 e. The highest BCUT2D eigenvalue weighted by molar-refractivity contribution is 5.79. The topological polar surface area (TPSA) is 72.9 Å². The van der Waals surface area contributed by atoms with E-state index in [0.717, 1.165) is 36.9 Å². The molecule has 1 saturated carbocycles. The van der Waals surface area contributed by atoms with Gasteiger partial charge in [-0.25, -0.2) is 0 Å². The molecule has 0 aromatic carbocycles. The van der Waals surface area contributed by atoms with Crippen molar-refractivity contribution in [2.24, 2.45) is 18.7 Å². The van der Waals surface area contributed by atoms with Gasteiger partial charge in [0.15, 0.2) is 0 Å². The first-order valence-electron chi connectivity index (χ1n) is 6.66. The lowest BCUT2D eigenvalue weighted by molar-refractivity contribution is -0.125. The van der Waals surface area contributed by atoms with E-state index >= 15 is 0 Å². The number of hydrogen-bond donors (Lipinski definition) is 2. The number of carbonyl (C=O) groups is 1. The van der Waals surface area contributed by atoms with Gasteiger partial charge in [-0.2, -0.15) is 5.10 Å². The van der Waals surface area contributed by atoms with Crippen LogP contribution in [-0.4, -0.2) is 21.7 Å². The molecule has 1 fully saturated rings. The van der Waals surface area contributed by atoms with Crippen LogP contribution in [0.25, 0.3) is 0 Å². The first-order chi connectivity index (χ1) is 8.61. The van der Waals surface area contributed by atoms with Crippen molar-refractivity contribution in [2.75, 3.05) is 0 Å². The maximum absolute atomic E-state index is 12.0. The van der Waals surface area contributed by atoms with E-state index in [1.54, 1.807) is 4.68 Å². The highest BCUT2D eigenvalue weighted by Crippen LogP contribution is 2.24. The first kappa shape index (κ1) is 13.1. The standard InChI is InChI=1S/C13H22N4O/c1-3-12-9(8-17(2)16-12)7-15-13(18)10-5-4-6-11(10)14/h8,10-11H,3-7,14H2,1-2H3,(H,15,18). The molecule has 1 aromatic heterocycles. The van der Waals surface area contributed by atoms with Gasteiger partial charge in [0.05, 0.1) is 11.6 Å². The zero-order valence-electron chi connectivity index (χ0n) is 11.1. The zero-order chi connectivity index (χ0) is 13.1. The van der Waals surface area contributed by atoms with Crippen LogP contribution < -0.4 is 11.1 Å². The van der Waals surface area contributed by atoms with Crippen LogP contribution >= 0.6 is 0 Å². The van der Waals surface area contributed by atoms with Crippen LogP contribution in [0.3, 0.4) is 0 Å². The highest BCUT2D eigenvalue weighted by atomic mass is 16.1. The number of nitrogens with two attached hydrogens (primary N) is 1. The number of amides is 1. The molecule has 2 atom stereocenters. The number of nitrogens with one attached hydrogen (secondary N) is 1. The number of carbonyl (C=O) groups excluding carboxylic acids is 1. The minimum Gasteiger partial charge on any atom is -0.352 e. The van der Waals surface area contributed by atoms with Crippen LogP contribution in [0.5, 0.6) is 0 Å². The van der Waals surface area contributed by atoms with Crippen LogP contribution in [0.1, 0.15) is 37.4 Å². The van der Waals surface area contributed by atoms with Crippen molar-refractivity contribution in [3.8, 4) is 0 Å². The van der Waals surface area contributed by atoms with Gasteiger partial charge in [0.1, 0.15) is 0 Å². The molecule has 5 nitrogen and oxygen atoms in total. The van der Waals surface area contributed by atoms with Crippen molar-refractivity contribution in [1.29, 1.82) is 0 Å². The SMILES string of the molecule is CCc1nn(C)cc1CNC(=O)C1CCCC1N. The molecule has 0 bridgehead atoms. The van der Waals surface area contributed by atoms with E-state index < -0.39 is 0 Å². The van der Waals surface area contributed by atoms with E-state index in [1.165, 1.54) is 0 Å². The van der Waals surface area contributed by atoms with Gasteiger partial charge in [-0.05, 0) is 19.3 Å². The van der Waals surface area contributed by atoms with Crippen LogP contribution in [-0.2, 0) is 24.8 Å². The van der Waals surface area contributed by atoms with Crippen LogP contribution in [0, 0.1) is 5.92 Å². The van der Waals surface area contributed by atoms with Gasteiger partial charge in [0, 0.05) is 31.4 Å². The number of aryl methyl sites for hydroxylation is 2. The normalized spacial score (nSPS) is 23.3. The largest absolute Gasteiger partial charge is 0.352 e. The summed E-state index contributed by atoms with van der Waals surface area (Å²) in [6.45, 7) is 2.62. The summed E-state index contributed by atoms with van der Waals surface area (Å²) >= 11 is 0.